The van der Waals surface area contributed by atoms with Crippen molar-refractivity contribution in [2.75, 3.05) is 7.11 Å². The monoisotopic (exact) mass is 181 g/mol. The van der Waals surface area contributed by atoms with Crippen LogP contribution >= 0.6 is 0 Å². The zero-order chi connectivity index (χ0) is 9.84. The van der Waals surface area contributed by atoms with E-state index in [0.29, 0.717) is 5.56 Å². The second-order valence-electron chi connectivity index (χ2n) is 2.90. The topological polar surface area (TPSA) is 52.3 Å². The summed E-state index contributed by atoms with van der Waals surface area (Å²) in [5, 5.41) is 0. The Bertz CT molecular complexity index is 295. The van der Waals surface area contributed by atoms with E-state index in [9.17, 15) is 4.79 Å². The molecule has 72 valence electrons. The van der Waals surface area contributed by atoms with E-state index < -0.39 is 0 Å². The normalized spacial score (nSPS) is 12.2. The number of carbonyl (C=O) groups excluding carboxylic acids is 1. The second kappa shape index (κ2) is 4.05. The summed E-state index contributed by atoms with van der Waals surface area (Å²) >= 11 is 0. The van der Waals surface area contributed by atoms with Crippen molar-refractivity contribution in [3.05, 3.63) is 35.4 Å². The van der Waals surface area contributed by atoms with Crippen LogP contribution in [0.1, 0.15) is 30.3 Å². The predicted octanol–water partition coefficient (Wildman–Crippen LogP) is 1.74. The van der Waals surface area contributed by atoms with Gasteiger partial charge in [0.25, 0.3) is 0 Å². The minimum atomic E-state index is -0.323. The van der Waals surface area contributed by atoms with Gasteiger partial charge in [0.1, 0.15) is 0 Å². The molecule has 0 spiro atoms. The third-order valence-electron chi connectivity index (χ3n) is 1.86. The zero-order valence-electron chi connectivity index (χ0n) is 7.78. The highest BCUT2D eigenvalue weighted by molar-refractivity contribution is 5.89. The molecule has 0 fully saturated rings. The van der Waals surface area contributed by atoms with Crippen molar-refractivity contribution in [3.63, 3.8) is 0 Å². The molecule has 1 atom stereocenters. The number of esters is 1. The van der Waals surface area contributed by atoms with Crippen LogP contribution in [-0.2, 0) is 4.74 Å². The summed E-state index contributed by atoms with van der Waals surface area (Å²) in [6.45, 7) is 1.90. The molecule has 13 heavy (non-hydrogen) atoms. The number of benzene rings is 1. The molecular formula is C10H15NO2. The van der Waals surface area contributed by atoms with Crippen LogP contribution in [0.4, 0.5) is 0 Å². The molecule has 0 bridgehead atoms. The fourth-order valence-electron chi connectivity index (χ4n) is 1.04. The summed E-state index contributed by atoms with van der Waals surface area (Å²) < 4.78 is 4.57. The lowest BCUT2D eigenvalue weighted by atomic mass is 10.1. The van der Waals surface area contributed by atoms with Crippen molar-refractivity contribution in [2.45, 2.75) is 13.0 Å². The van der Waals surface area contributed by atoms with Gasteiger partial charge in [-0.15, -0.1) is 0 Å². The molecule has 0 amide bonds. The standard InChI is InChI=1S/C10H13NO2.H2/c1-7(11)8-3-5-9(6-4-8)10(12)13-2;/h3-7H,11H2,1-2H3;1H. The van der Waals surface area contributed by atoms with Crippen LogP contribution in [0.3, 0.4) is 0 Å². The van der Waals surface area contributed by atoms with E-state index in [1.165, 1.54) is 7.11 Å². The van der Waals surface area contributed by atoms with Gasteiger partial charge >= 0.3 is 5.97 Å². The molecule has 0 saturated heterocycles. The first-order chi connectivity index (χ1) is 6.15. The maximum atomic E-state index is 11.0. The number of carbonyl (C=O) groups is 1. The molecular weight excluding hydrogens is 166 g/mol. The maximum absolute atomic E-state index is 11.0. The van der Waals surface area contributed by atoms with Crippen molar-refractivity contribution >= 4 is 5.97 Å². The first kappa shape index (κ1) is 9.74. The highest BCUT2D eigenvalue weighted by Crippen LogP contribution is 2.11. The van der Waals surface area contributed by atoms with Crippen LogP contribution < -0.4 is 5.73 Å². The Labute approximate surface area is 79.0 Å². The first-order valence-corrected chi connectivity index (χ1v) is 4.09. The zero-order valence-corrected chi connectivity index (χ0v) is 7.78. The first-order valence-electron chi connectivity index (χ1n) is 4.09. The molecule has 0 aliphatic rings. The lowest BCUT2D eigenvalue weighted by molar-refractivity contribution is 0.0600. The van der Waals surface area contributed by atoms with Crippen LogP contribution in [0, 0.1) is 0 Å². The minimum Gasteiger partial charge on any atom is -0.465 e. The lowest BCUT2D eigenvalue weighted by Gasteiger charge is -2.05. The summed E-state index contributed by atoms with van der Waals surface area (Å²) in [5.41, 5.74) is 7.21. The van der Waals surface area contributed by atoms with E-state index in [4.69, 9.17) is 5.73 Å². The third kappa shape index (κ3) is 2.29. The summed E-state index contributed by atoms with van der Waals surface area (Å²) in [6, 6.07) is 7.08. The highest BCUT2D eigenvalue weighted by atomic mass is 16.5. The number of rotatable bonds is 2. The Hall–Kier alpha value is -1.35. The van der Waals surface area contributed by atoms with Crippen molar-refractivity contribution in [3.8, 4) is 0 Å². The summed E-state index contributed by atoms with van der Waals surface area (Å²) in [6.07, 6.45) is 0. The van der Waals surface area contributed by atoms with Gasteiger partial charge in [0, 0.05) is 7.47 Å². The quantitative estimate of drug-likeness (QED) is 0.707. The van der Waals surface area contributed by atoms with E-state index in [1.54, 1.807) is 12.1 Å². The highest BCUT2D eigenvalue weighted by Gasteiger charge is 2.05. The molecule has 0 aliphatic carbocycles. The van der Waals surface area contributed by atoms with Gasteiger partial charge in [0.15, 0.2) is 0 Å². The van der Waals surface area contributed by atoms with Crippen molar-refractivity contribution in [2.24, 2.45) is 5.73 Å². The molecule has 2 N–H and O–H groups in total. The van der Waals surface area contributed by atoms with Crippen molar-refractivity contribution < 1.29 is 11.0 Å². The third-order valence-corrected chi connectivity index (χ3v) is 1.86. The molecule has 0 radical (unpaired) electrons. The van der Waals surface area contributed by atoms with Gasteiger partial charge in [-0.25, -0.2) is 4.79 Å². The lowest BCUT2D eigenvalue weighted by Crippen LogP contribution is -2.06. The SMILES string of the molecule is COC(=O)c1ccc(C(C)N)cc1.[HH]. The summed E-state index contributed by atoms with van der Waals surface area (Å²) in [7, 11) is 1.36. The van der Waals surface area contributed by atoms with Gasteiger partial charge in [-0.05, 0) is 24.6 Å². The molecule has 3 nitrogen and oxygen atoms in total. The Kier molecular flexibility index (Phi) is 3.03. The van der Waals surface area contributed by atoms with Gasteiger partial charge in [-0.3, -0.25) is 0 Å². The average molecular weight is 181 g/mol. The fourth-order valence-corrected chi connectivity index (χ4v) is 1.04. The smallest absolute Gasteiger partial charge is 0.337 e. The Morgan fingerprint density at radius 1 is 1.46 bits per heavy atom. The second-order valence-corrected chi connectivity index (χ2v) is 2.90. The Morgan fingerprint density at radius 3 is 2.38 bits per heavy atom. The molecule has 0 aliphatic heterocycles. The number of nitrogens with two attached hydrogens (primary N) is 1. The van der Waals surface area contributed by atoms with Crippen LogP contribution in [0.15, 0.2) is 24.3 Å². The summed E-state index contributed by atoms with van der Waals surface area (Å²) in [5.74, 6) is -0.323. The number of ether oxygens (including phenoxy) is 1. The number of hydrogen-bond acceptors (Lipinski definition) is 3. The van der Waals surface area contributed by atoms with Crippen LogP contribution in [-0.4, -0.2) is 13.1 Å². The van der Waals surface area contributed by atoms with Gasteiger partial charge in [0.05, 0.1) is 12.7 Å². The van der Waals surface area contributed by atoms with E-state index in [2.05, 4.69) is 4.74 Å². The molecule has 3 heteroatoms. The van der Waals surface area contributed by atoms with E-state index >= 15 is 0 Å². The molecule has 0 saturated carbocycles. The van der Waals surface area contributed by atoms with Crippen LogP contribution in [0.25, 0.3) is 0 Å². The molecule has 0 heterocycles. The molecule has 1 aromatic rings. The van der Waals surface area contributed by atoms with E-state index in [0.717, 1.165) is 5.56 Å². The predicted molar refractivity (Wildman–Crippen MR) is 52.5 cm³/mol. The molecule has 1 unspecified atom stereocenters. The van der Waals surface area contributed by atoms with Crippen LogP contribution in [0.5, 0.6) is 0 Å². The minimum absolute atomic E-state index is 0. The molecule has 0 aromatic heterocycles. The molecule has 1 aromatic carbocycles. The van der Waals surface area contributed by atoms with Gasteiger partial charge in [-0.2, -0.15) is 0 Å². The Morgan fingerprint density at radius 2 is 2.00 bits per heavy atom. The number of hydrogen-bond donors (Lipinski definition) is 1. The average Bonchev–Trinajstić information content (AvgIpc) is 2.17. The van der Waals surface area contributed by atoms with Gasteiger partial charge in [-0.1, -0.05) is 12.1 Å². The molecule has 1 rings (SSSR count). The largest absolute Gasteiger partial charge is 0.465 e. The summed E-state index contributed by atoms with van der Waals surface area (Å²) in [4.78, 5) is 11.0. The Balaban J connectivity index is 0.00000169. The number of methoxy groups -OCH3 is 1. The van der Waals surface area contributed by atoms with E-state index in [-0.39, 0.29) is 13.4 Å². The van der Waals surface area contributed by atoms with Crippen LogP contribution in [0.2, 0.25) is 0 Å². The van der Waals surface area contributed by atoms with E-state index in [1.807, 2.05) is 19.1 Å². The van der Waals surface area contributed by atoms with Crippen molar-refractivity contribution in [1.82, 2.24) is 0 Å². The van der Waals surface area contributed by atoms with Gasteiger partial charge < -0.3 is 10.5 Å². The van der Waals surface area contributed by atoms with Crippen molar-refractivity contribution in [1.29, 1.82) is 0 Å². The maximum Gasteiger partial charge on any atom is 0.337 e. The fraction of sp³-hybridized carbons (Fsp3) is 0.300. The van der Waals surface area contributed by atoms with Gasteiger partial charge in [0.2, 0.25) is 0 Å².